The van der Waals surface area contributed by atoms with Crippen LogP contribution >= 0.6 is 23.8 Å². The van der Waals surface area contributed by atoms with Crippen LogP contribution in [-0.2, 0) is 4.74 Å². The number of imidazole rings is 1. The molecule has 5 heteroatoms. The van der Waals surface area contributed by atoms with E-state index in [1.165, 1.54) is 12.8 Å². The highest BCUT2D eigenvalue weighted by Crippen LogP contribution is 2.44. The summed E-state index contributed by atoms with van der Waals surface area (Å²) in [5, 5.41) is 0.734. The molecule has 2 aliphatic rings. The van der Waals surface area contributed by atoms with Gasteiger partial charge in [0.05, 0.1) is 23.2 Å². The van der Waals surface area contributed by atoms with E-state index in [1.54, 1.807) is 0 Å². The molecule has 2 aromatic rings. The number of nitrogens with zero attached hydrogens (tertiary/aromatic N) is 1. The molecule has 1 saturated heterocycles. The van der Waals surface area contributed by atoms with Gasteiger partial charge >= 0.3 is 0 Å². The SMILES string of the molecule is S=c1[nH]c2cc(Cl)ccc2n1C1CCOC1C1CC1. The van der Waals surface area contributed by atoms with Crippen LogP contribution in [0.2, 0.25) is 5.02 Å². The number of fused-ring (bicyclic) bond motifs is 1. The zero-order chi connectivity index (χ0) is 13.0. The Hall–Kier alpha value is -0.840. The van der Waals surface area contributed by atoms with Crippen molar-refractivity contribution in [3.05, 3.63) is 28.0 Å². The second kappa shape index (κ2) is 4.33. The molecular weight excluding hydrogens is 280 g/mol. The van der Waals surface area contributed by atoms with Gasteiger partial charge in [0.1, 0.15) is 0 Å². The minimum atomic E-state index is 0.335. The number of aromatic amines is 1. The lowest BCUT2D eigenvalue weighted by Gasteiger charge is -2.20. The molecule has 2 fully saturated rings. The molecule has 4 rings (SSSR count). The van der Waals surface area contributed by atoms with Crippen molar-refractivity contribution in [2.75, 3.05) is 6.61 Å². The summed E-state index contributed by atoms with van der Waals surface area (Å²) in [6.45, 7) is 0.841. The zero-order valence-corrected chi connectivity index (χ0v) is 12.0. The molecule has 1 aromatic heterocycles. The lowest BCUT2D eigenvalue weighted by atomic mass is 10.1. The Morgan fingerprint density at radius 3 is 2.95 bits per heavy atom. The highest BCUT2D eigenvalue weighted by Gasteiger charge is 2.42. The van der Waals surface area contributed by atoms with Gasteiger partial charge in [0, 0.05) is 11.6 Å². The maximum atomic E-state index is 6.04. The summed E-state index contributed by atoms with van der Waals surface area (Å²) in [7, 11) is 0. The molecule has 0 amide bonds. The van der Waals surface area contributed by atoms with Crippen LogP contribution in [0.5, 0.6) is 0 Å². The van der Waals surface area contributed by atoms with Gasteiger partial charge in [-0.05, 0) is 55.6 Å². The van der Waals surface area contributed by atoms with Crippen LogP contribution in [0.15, 0.2) is 18.2 Å². The molecule has 3 nitrogen and oxygen atoms in total. The fraction of sp³-hybridized carbons (Fsp3) is 0.500. The van der Waals surface area contributed by atoms with Crippen LogP contribution in [0.25, 0.3) is 11.0 Å². The van der Waals surface area contributed by atoms with Crippen LogP contribution in [-0.4, -0.2) is 22.3 Å². The average Bonchev–Trinajstić information content (AvgIpc) is 3.02. The average molecular weight is 295 g/mol. The van der Waals surface area contributed by atoms with E-state index in [0.29, 0.717) is 12.1 Å². The highest BCUT2D eigenvalue weighted by molar-refractivity contribution is 7.71. The van der Waals surface area contributed by atoms with Gasteiger partial charge in [0.2, 0.25) is 0 Å². The zero-order valence-electron chi connectivity index (χ0n) is 10.4. The molecular formula is C14H15ClN2OS. The number of aromatic nitrogens is 2. The molecule has 0 radical (unpaired) electrons. The number of benzene rings is 1. The van der Waals surface area contributed by atoms with Gasteiger partial charge in [-0.25, -0.2) is 0 Å². The van der Waals surface area contributed by atoms with Crippen molar-refractivity contribution in [2.24, 2.45) is 5.92 Å². The van der Waals surface area contributed by atoms with E-state index in [4.69, 9.17) is 28.6 Å². The monoisotopic (exact) mass is 294 g/mol. The van der Waals surface area contributed by atoms with Crippen molar-refractivity contribution in [3.8, 4) is 0 Å². The third-order valence-corrected chi connectivity index (χ3v) is 4.73. The van der Waals surface area contributed by atoms with Gasteiger partial charge < -0.3 is 14.3 Å². The molecule has 2 atom stereocenters. The first kappa shape index (κ1) is 11.9. The molecule has 0 spiro atoms. The topological polar surface area (TPSA) is 29.9 Å². The number of nitrogens with one attached hydrogen (secondary N) is 1. The Kier molecular flexibility index (Phi) is 2.72. The molecule has 1 saturated carbocycles. The van der Waals surface area contributed by atoms with Gasteiger partial charge in [-0.1, -0.05) is 11.6 Å². The fourth-order valence-corrected chi connectivity index (χ4v) is 3.70. The van der Waals surface area contributed by atoms with Gasteiger partial charge in [0.25, 0.3) is 0 Å². The molecule has 1 aromatic carbocycles. The quantitative estimate of drug-likeness (QED) is 0.846. The predicted molar refractivity (Wildman–Crippen MR) is 78.3 cm³/mol. The number of H-pyrrole nitrogens is 1. The Balaban J connectivity index is 1.85. The van der Waals surface area contributed by atoms with E-state index in [-0.39, 0.29) is 0 Å². The van der Waals surface area contributed by atoms with E-state index in [0.717, 1.165) is 39.8 Å². The van der Waals surface area contributed by atoms with Crippen molar-refractivity contribution in [3.63, 3.8) is 0 Å². The molecule has 100 valence electrons. The normalized spacial score (nSPS) is 27.2. The predicted octanol–water partition coefficient (Wildman–Crippen LogP) is 4.09. The van der Waals surface area contributed by atoms with Crippen molar-refractivity contribution in [2.45, 2.75) is 31.4 Å². The molecule has 2 unspecified atom stereocenters. The van der Waals surface area contributed by atoms with Crippen molar-refractivity contribution < 1.29 is 4.74 Å². The molecule has 0 bridgehead atoms. The standard InChI is InChI=1S/C14H15ClN2OS/c15-9-3-4-11-10(7-9)16-14(19)17(11)12-5-6-18-13(12)8-1-2-8/h3-4,7-8,12-13H,1-2,5-6H2,(H,16,19). The van der Waals surface area contributed by atoms with Crippen LogP contribution in [0.4, 0.5) is 0 Å². The minimum Gasteiger partial charge on any atom is -0.376 e. The van der Waals surface area contributed by atoms with Crippen LogP contribution in [0, 0.1) is 10.7 Å². The smallest absolute Gasteiger partial charge is 0.178 e. The summed E-state index contributed by atoms with van der Waals surface area (Å²) in [6.07, 6.45) is 3.97. The summed E-state index contributed by atoms with van der Waals surface area (Å²) in [5.74, 6) is 0.728. The Morgan fingerprint density at radius 1 is 1.32 bits per heavy atom. The first-order chi connectivity index (χ1) is 9.24. The van der Waals surface area contributed by atoms with Crippen LogP contribution < -0.4 is 0 Å². The van der Waals surface area contributed by atoms with Crippen LogP contribution in [0.1, 0.15) is 25.3 Å². The molecule has 2 heterocycles. The Morgan fingerprint density at radius 2 is 2.16 bits per heavy atom. The summed E-state index contributed by atoms with van der Waals surface area (Å²) in [4.78, 5) is 3.26. The maximum Gasteiger partial charge on any atom is 0.178 e. The van der Waals surface area contributed by atoms with E-state index >= 15 is 0 Å². The molecule has 1 aliphatic heterocycles. The lowest BCUT2D eigenvalue weighted by Crippen LogP contribution is -2.22. The van der Waals surface area contributed by atoms with Crippen molar-refractivity contribution in [1.82, 2.24) is 9.55 Å². The largest absolute Gasteiger partial charge is 0.376 e. The summed E-state index contributed by atoms with van der Waals surface area (Å²) >= 11 is 11.5. The lowest BCUT2D eigenvalue weighted by molar-refractivity contribution is 0.0756. The minimum absolute atomic E-state index is 0.335. The summed E-state index contributed by atoms with van der Waals surface area (Å²) in [5.41, 5.74) is 2.15. The molecule has 1 N–H and O–H groups in total. The number of rotatable bonds is 2. The Bertz CT molecular complexity index is 688. The fourth-order valence-electron chi connectivity index (χ4n) is 3.18. The maximum absolute atomic E-state index is 6.04. The van der Waals surface area contributed by atoms with E-state index in [2.05, 4.69) is 9.55 Å². The highest BCUT2D eigenvalue weighted by atomic mass is 35.5. The molecule has 19 heavy (non-hydrogen) atoms. The van der Waals surface area contributed by atoms with E-state index in [1.807, 2.05) is 18.2 Å². The van der Waals surface area contributed by atoms with Gasteiger partial charge in [-0.2, -0.15) is 0 Å². The summed E-state index contributed by atoms with van der Waals surface area (Å²) in [6, 6.07) is 6.28. The van der Waals surface area contributed by atoms with Crippen molar-refractivity contribution >= 4 is 34.9 Å². The second-order valence-electron chi connectivity index (χ2n) is 5.49. The molecule has 1 aliphatic carbocycles. The van der Waals surface area contributed by atoms with Gasteiger partial charge in [-0.15, -0.1) is 0 Å². The first-order valence-corrected chi connectivity index (χ1v) is 7.54. The van der Waals surface area contributed by atoms with Crippen molar-refractivity contribution in [1.29, 1.82) is 0 Å². The van der Waals surface area contributed by atoms with Gasteiger partial charge in [-0.3, -0.25) is 0 Å². The van der Waals surface area contributed by atoms with E-state index in [9.17, 15) is 0 Å². The first-order valence-electron chi connectivity index (χ1n) is 6.75. The van der Waals surface area contributed by atoms with Crippen LogP contribution in [0.3, 0.4) is 0 Å². The second-order valence-corrected chi connectivity index (χ2v) is 6.31. The third kappa shape index (κ3) is 1.93. The summed E-state index contributed by atoms with van der Waals surface area (Å²) < 4.78 is 8.94. The number of hydrogen-bond donors (Lipinski definition) is 1. The number of ether oxygens (including phenoxy) is 1. The number of hydrogen-bond acceptors (Lipinski definition) is 2. The number of halogens is 1. The van der Waals surface area contributed by atoms with E-state index < -0.39 is 0 Å². The van der Waals surface area contributed by atoms with Gasteiger partial charge in [0.15, 0.2) is 4.77 Å². The third-order valence-electron chi connectivity index (χ3n) is 4.20. The Labute approximate surface area is 121 Å².